The van der Waals surface area contributed by atoms with Gasteiger partial charge < -0.3 is 9.32 Å². The van der Waals surface area contributed by atoms with Gasteiger partial charge in [-0.1, -0.05) is 29.8 Å². The van der Waals surface area contributed by atoms with Crippen LogP contribution in [0.5, 0.6) is 0 Å². The first-order valence-electron chi connectivity index (χ1n) is 8.21. The average Bonchev–Trinajstić information content (AvgIpc) is 3.21. The standard InChI is InChI=1S/C19H21NO4S/c1-15-4-6-16(7-5-15)8-9-19(21)20(13-18-3-2-11-24-18)17-10-12-25(22,23)14-17/h2-9,11,17H,10,12-14H2,1H3/b9-8+. The number of hydrogen-bond acceptors (Lipinski definition) is 4. The number of carbonyl (C=O) groups excluding carboxylic acids is 1. The minimum Gasteiger partial charge on any atom is -0.467 e. The number of furan rings is 1. The van der Waals surface area contributed by atoms with Crippen molar-refractivity contribution in [2.24, 2.45) is 0 Å². The number of benzene rings is 1. The minimum absolute atomic E-state index is 0.0117. The quantitative estimate of drug-likeness (QED) is 0.770. The Balaban J connectivity index is 1.78. The van der Waals surface area contributed by atoms with Crippen LogP contribution in [0.25, 0.3) is 6.08 Å². The van der Waals surface area contributed by atoms with Gasteiger partial charge in [-0.3, -0.25) is 4.79 Å². The fraction of sp³-hybridized carbons (Fsp3) is 0.316. The summed E-state index contributed by atoms with van der Waals surface area (Å²) in [6, 6.07) is 11.1. The maximum absolute atomic E-state index is 12.7. The van der Waals surface area contributed by atoms with E-state index < -0.39 is 9.84 Å². The van der Waals surface area contributed by atoms with Gasteiger partial charge in [0.05, 0.1) is 24.3 Å². The van der Waals surface area contributed by atoms with Crippen molar-refractivity contribution in [1.82, 2.24) is 4.90 Å². The van der Waals surface area contributed by atoms with E-state index >= 15 is 0 Å². The summed E-state index contributed by atoms with van der Waals surface area (Å²) in [6.07, 6.45) is 5.26. The predicted molar refractivity (Wildman–Crippen MR) is 96.5 cm³/mol. The third-order valence-corrected chi connectivity index (χ3v) is 6.08. The molecule has 1 saturated heterocycles. The summed E-state index contributed by atoms with van der Waals surface area (Å²) < 4.78 is 28.9. The van der Waals surface area contributed by atoms with Gasteiger partial charge in [-0.15, -0.1) is 0 Å². The fourth-order valence-electron chi connectivity index (χ4n) is 2.92. The summed E-state index contributed by atoms with van der Waals surface area (Å²) in [7, 11) is -3.07. The van der Waals surface area contributed by atoms with Crippen LogP contribution in [0.3, 0.4) is 0 Å². The summed E-state index contributed by atoms with van der Waals surface area (Å²) in [6.45, 7) is 2.27. The second-order valence-corrected chi connectivity index (χ2v) is 8.58. The summed E-state index contributed by atoms with van der Waals surface area (Å²) in [5.74, 6) is 0.569. The van der Waals surface area contributed by atoms with Crippen LogP contribution in [0.15, 0.2) is 53.2 Å². The lowest BCUT2D eigenvalue weighted by Gasteiger charge is -2.26. The summed E-state index contributed by atoms with van der Waals surface area (Å²) in [5, 5.41) is 0. The zero-order valence-electron chi connectivity index (χ0n) is 14.1. The van der Waals surface area contributed by atoms with Crippen molar-refractivity contribution < 1.29 is 17.6 Å². The number of sulfone groups is 1. The zero-order chi connectivity index (χ0) is 17.9. The van der Waals surface area contributed by atoms with E-state index in [-0.39, 0.29) is 30.0 Å². The Kier molecular flexibility index (Phi) is 5.08. The van der Waals surface area contributed by atoms with E-state index in [2.05, 4.69) is 0 Å². The van der Waals surface area contributed by atoms with Gasteiger partial charge in [-0.05, 0) is 37.1 Å². The second kappa shape index (κ2) is 7.27. The molecule has 132 valence electrons. The third-order valence-electron chi connectivity index (χ3n) is 4.33. The smallest absolute Gasteiger partial charge is 0.247 e. The van der Waals surface area contributed by atoms with Crippen LogP contribution in [-0.4, -0.2) is 36.8 Å². The molecule has 1 aliphatic rings. The molecule has 3 rings (SSSR count). The normalized spacial score (nSPS) is 19.3. The van der Waals surface area contributed by atoms with E-state index in [9.17, 15) is 13.2 Å². The lowest BCUT2D eigenvalue weighted by molar-refractivity contribution is -0.128. The number of hydrogen-bond donors (Lipinski definition) is 0. The minimum atomic E-state index is -3.07. The molecule has 1 amide bonds. The number of nitrogens with zero attached hydrogens (tertiary/aromatic N) is 1. The molecule has 0 spiro atoms. The molecule has 2 aromatic rings. The van der Waals surface area contributed by atoms with Gasteiger partial charge in [0, 0.05) is 12.1 Å². The van der Waals surface area contributed by atoms with Crippen molar-refractivity contribution in [1.29, 1.82) is 0 Å². The van der Waals surface area contributed by atoms with Crippen LogP contribution >= 0.6 is 0 Å². The molecular weight excluding hydrogens is 338 g/mol. The van der Waals surface area contributed by atoms with E-state index in [0.717, 1.165) is 11.1 Å². The van der Waals surface area contributed by atoms with E-state index in [1.807, 2.05) is 31.2 Å². The van der Waals surface area contributed by atoms with Gasteiger partial charge in [-0.25, -0.2) is 8.42 Å². The van der Waals surface area contributed by atoms with Gasteiger partial charge in [0.1, 0.15) is 5.76 Å². The van der Waals surface area contributed by atoms with E-state index in [1.54, 1.807) is 29.4 Å². The third kappa shape index (κ3) is 4.60. The van der Waals surface area contributed by atoms with Crippen LogP contribution in [0.4, 0.5) is 0 Å². The van der Waals surface area contributed by atoms with Crippen LogP contribution < -0.4 is 0 Å². The summed E-state index contributed by atoms with van der Waals surface area (Å²) >= 11 is 0. The van der Waals surface area contributed by atoms with Crippen molar-refractivity contribution in [3.8, 4) is 0 Å². The highest BCUT2D eigenvalue weighted by atomic mass is 32.2. The van der Waals surface area contributed by atoms with Crippen LogP contribution in [-0.2, 0) is 21.2 Å². The van der Waals surface area contributed by atoms with Crippen molar-refractivity contribution in [3.63, 3.8) is 0 Å². The topological polar surface area (TPSA) is 67.6 Å². The van der Waals surface area contributed by atoms with Gasteiger partial charge in [0.2, 0.25) is 5.91 Å². The van der Waals surface area contributed by atoms with E-state index in [1.165, 1.54) is 6.08 Å². The molecule has 25 heavy (non-hydrogen) atoms. The van der Waals surface area contributed by atoms with Crippen molar-refractivity contribution in [3.05, 3.63) is 65.6 Å². The first-order chi connectivity index (χ1) is 11.9. The molecule has 5 nitrogen and oxygen atoms in total. The Morgan fingerprint density at radius 1 is 1.28 bits per heavy atom. The SMILES string of the molecule is Cc1ccc(/C=C/C(=O)N(Cc2ccco2)C2CCS(=O)(=O)C2)cc1. The number of amides is 1. The Bertz CT molecular complexity index is 851. The number of carbonyl (C=O) groups is 1. The van der Waals surface area contributed by atoms with Gasteiger partial charge in [-0.2, -0.15) is 0 Å². The zero-order valence-corrected chi connectivity index (χ0v) is 14.9. The molecular formula is C19H21NO4S. The highest BCUT2D eigenvalue weighted by Crippen LogP contribution is 2.21. The van der Waals surface area contributed by atoms with Crippen molar-refractivity contribution >= 4 is 21.8 Å². The predicted octanol–water partition coefficient (Wildman–Crippen LogP) is 2.82. The fourth-order valence-corrected chi connectivity index (χ4v) is 4.65. The highest BCUT2D eigenvalue weighted by molar-refractivity contribution is 7.91. The first kappa shape index (κ1) is 17.5. The maximum atomic E-state index is 12.7. The largest absolute Gasteiger partial charge is 0.467 e. The molecule has 1 atom stereocenters. The molecule has 2 heterocycles. The van der Waals surface area contributed by atoms with E-state index in [4.69, 9.17) is 4.42 Å². The lowest BCUT2D eigenvalue weighted by atomic mass is 10.1. The molecule has 0 N–H and O–H groups in total. The number of aryl methyl sites for hydroxylation is 1. The summed E-state index contributed by atoms with van der Waals surface area (Å²) in [5.41, 5.74) is 2.08. The molecule has 1 fully saturated rings. The van der Waals surface area contributed by atoms with Gasteiger partial charge in [0.15, 0.2) is 9.84 Å². The Morgan fingerprint density at radius 3 is 2.64 bits per heavy atom. The molecule has 0 radical (unpaired) electrons. The lowest BCUT2D eigenvalue weighted by Crippen LogP contribution is -2.39. The summed E-state index contributed by atoms with van der Waals surface area (Å²) in [4.78, 5) is 14.3. The average molecular weight is 359 g/mol. The monoisotopic (exact) mass is 359 g/mol. The molecule has 1 aliphatic heterocycles. The Hall–Kier alpha value is -2.34. The van der Waals surface area contributed by atoms with Crippen LogP contribution in [0.2, 0.25) is 0 Å². The van der Waals surface area contributed by atoms with Crippen molar-refractivity contribution in [2.45, 2.75) is 25.9 Å². The molecule has 1 unspecified atom stereocenters. The number of rotatable bonds is 5. The second-order valence-electron chi connectivity index (χ2n) is 6.35. The van der Waals surface area contributed by atoms with Gasteiger partial charge in [0.25, 0.3) is 0 Å². The molecule has 0 saturated carbocycles. The van der Waals surface area contributed by atoms with Crippen molar-refractivity contribution in [2.75, 3.05) is 11.5 Å². The Labute approximate surface area is 147 Å². The highest BCUT2D eigenvalue weighted by Gasteiger charge is 2.34. The Morgan fingerprint density at radius 2 is 2.04 bits per heavy atom. The molecule has 1 aromatic heterocycles. The maximum Gasteiger partial charge on any atom is 0.247 e. The van der Waals surface area contributed by atoms with Crippen LogP contribution in [0, 0.1) is 6.92 Å². The molecule has 1 aromatic carbocycles. The molecule has 6 heteroatoms. The van der Waals surface area contributed by atoms with E-state index in [0.29, 0.717) is 12.2 Å². The van der Waals surface area contributed by atoms with Crippen LogP contribution in [0.1, 0.15) is 23.3 Å². The molecule has 0 aliphatic carbocycles. The van der Waals surface area contributed by atoms with Gasteiger partial charge >= 0.3 is 0 Å². The molecule has 0 bridgehead atoms. The first-order valence-corrected chi connectivity index (χ1v) is 10.0.